The highest BCUT2D eigenvalue weighted by molar-refractivity contribution is 5.91. The van der Waals surface area contributed by atoms with Crippen molar-refractivity contribution >= 4 is 23.9 Å². The zero-order valence-corrected chi connectivity index (χ0v) is 19.1. The van der Waals surface area contributed by atoms with E-state index in [4.69, 9.17) is 15.6 Å². The van der Waals surface area contributed by atoms with Crippen LogP contribution in [0.25, 0.3) is 11.1 Å². The molecular weight excluding hydrogens is 438 g/mol. The summed E-state index contributed by atoms with van der Waals surface area (Å²) < 4.78 is 5.46. The van der Waals surface area contributed by atoms with E-state index in [1.54, 1.807) is 13.8 Å². The molecular formula is C25H29N3O6. The van der Waals surface area contributed by atoms with E-state index in [0.29, 0.717) is 0 Å². The maximum absolute atomic E-state index is 12.7. The Morgan fingerprint density at radius 1 is 0.971 bits per heavy atom. The number of aliphatic carboxylic acids is 1. The largest absolute Gasteiger partial charge is 0.481 e. The van der Waals surface area contributed by atoms with Crippen molar-refractivity contribution in [3.05, 3.63) is 59.7 Å². The number of nitrogens with two attached hydrogens (primary N) is 1. The molecule has 0 bridgehead atoms. The number of benzene rings is 2. The fourth-order valence-corrected chi connectivity index (χ4v) is 4.14. The fourth-order valence-electron chi connectivity index (χ4n) is 4.14. The summed E-state index contributed by atoms with van der Waals surface area (Å²) >= 11 is 0. The molecule has 2 aromatic carbocycles. The second-order valence-electron chi connectivity index (χ2n) is 8.59. The molecule has 3 rings (SSSR count). The van der Waals surface area contributed by atoms with E-state index in [1.165, 1.54) is 0 Å². The summed E-state index contributed by atoms with van der Waals surface area (Å²) in [5, 5.41) is 13.9. The van der Waals surface area contributed by atoms with Gasteiger partial charge in [-0.25, -0.2) is 4.79 Å². The Balaban J connectivity index is 1.68. The van der Waals surface area contributed by atoms with Crippen LogP contribution in [-0.4, -0.2) is 47.7 Å². The third-order valence-corrected chi connectivity index (χ3v) is 5.87. The summed E-state index contributed by atoms with van der Waals surface area (Å²) in [7, 11) is 0. The van der Waals surface area contributed by atoms with E-state index in [1.807, 2.05) is 48.5 Å². The maximum atomic E-state index is 12.7. The molecule has 3 amide bonds. The maximum Gasteiger partial charge on any atom is 0.407 e. The first-order chi connectivity index (χ1) is 16.2. The minimum atomic E-state index is -1.20. The predicted octanol–water partition coefficient (Wildman–Crippen LogP) is 2.38. The van der Waals surface area contributed by atoms with Crippen LogP contribution < -0.4 is 16.4 Å². The molecule has 180 valence electrons. The number of alkyl carbamates (subject to hydrolysis) is 1. The van der Waals surface area contributed by atoms with E-state index >= 15 is 0 Å². The van der Waals surface area contributed by atoms with Gasteiger partial charge in [0.15, 0.2) is 0 Å². The van der Waals surface area contributed by atoms with Gasteiger partial charge in [0.05, 0.1) is 0 Å². The van der Waals surface area contributed by atoms with Crippen LogP contribution in [0.5, 0.6) is 0 Å². The fraction of sp³-hybridized carbons (Fsp3) is 0.360. The Morgan fingerprint density at radius 2 is 1.53 bits per heavy atom. The van der Waals surface area contributed by atoms with E-state index in [2.05, 4.69) is 10.6 Å². The number of carbonyl (C=O) groups is 4. The molecule has 0 saturated carbocycles. The number of amides is 3. The summed E-state index contributed by atoms with van der Waals surface area (Å²) in [5.74, 6) is -2.99. The molecule has 5 N–H and O–H groups in total. The number of primary amides is 1. The van der Waals surface area contributed by atoms with Crippen LogP contribution in [0, 0.1) is 5.92 Å². The lowest BCUT2D eigenvalue weighted by molar-refractivity contribution is -0.137. The third kappa shape index (κ3) is 5.72. The topological polar surface area (TPSA) is 148 Å². The van der Waals surface area contributed by atoms with Crippen LogP contribution in [0.2, 0.25) is 0 Å². The number of carboxylic acids is 1. The second kappa shape index (κ2) is 10.8. The minimum Gasteiger partial charge on any atom is -0.481 e. The van der Waals surface area contributed by atoms with Gasteiger partial charge in [-0.3, -0.25) is 14.4 Å². The highest BCUT2D eigenvalue weighted by atomic mass is 16.5. The Bertz CT molecular complexity index is 1040. The van der Waals surface area contributed by atoms with Gasteiger partial charge in [-0.1, -0.05) is 62.4 Å². The minimum absolute atomic E-state index is 0.0447. The molecule has 2 aromatic rings. The molecule has 0 unspecified atom stereocenters. The number of rotatable bonds is 10. The van der Waals surface area contributed by atoms with Crippen molar-refractivity contribution in [2.45, 2.75) is 44.7 Å². The molecule has 1 aliphatic rings. The normalized spacial score (nSPS) is 14.0. The van der Waals surface area contributed by atoms with Gasteiger partial charge >= 0.3 is 12.1 Å². The quantitative estimate of drug-likeness (QED) is 0.422. The average molecular weight is 468 g/mol. The zero-order chi connectivity index (χ0) is 24.8. The standard InChI is InChI=1S/C25H29N3O6/c1-14(2)22(23(26)31)28-24(32)20(11-12-21(29)30)27-25(33)34-13-19-17-9-5-3-7-15(17)16-8-4-6-10-18(16)19/h3-10,14,19-20,22H,11-13H2,1-2H3,(H2,26,31)(H,27,33)(H,28,32)(H,29,30)/t20-,22-/m0/s1. The molecule has 1 aliphatic carbocycles. The first-order valence-electron chi connectivity index (χ1n) is 11.1. The number of hydrogen-bond donors (Lipinski definition) is 4. The Kier molecular flexibility index (Phi) is 7.88. The first kappa shape index (κ1) is 24.8. The van der Waals surface area contributed by atoms with Gasteiger partial charge in [0.25, 0.3) is 0 Å². The molecule has 0 aliphatic heterocycles. The van der Waals surface area contributed by atoms with Crippen molar-refractivity contribution in [3.63, 3.8) is 0 Å². The van der Waals surface area contributed by atoms with Gasteiger partial charge < -0.3 is 26.2 Å². The predicted molar refractivity (Wildman–Crippen MR) is 125 cm³/mol. The molecule has 9 nitrogen and oxygen atoms in total. The van der Waals surface area contributed by atoms with E-state index in [9.17, 15) is 19.2 Å². The van der Waals surface area contributed by atoms with Gasteiger partial charge in [-0.2, -0.15) is 0 Å². The van der Waals surface area contributed by atoms with Gasteiger partial charge in [0.2, 0.25) is 11.8 Å². The van der Waals surface area contributed by atoms with Crippen LogP contribution in [0.1, 0.15) is 43.7 Å². The second-order valence-corrected chi connectivity index (χ2v) is 8.59. The van der Waals surface area contributed by atoms with Crippen LogP contribution in [0.15, 0.2) is 48.5 Å². The summed E-state index contributed by atoms with van der Waals surface area (Å²) in [4.78, 5) is 48.0. The van der Waals surface area contributed by atoms with Crippen molar-refractivity contribution < 1.29 is 29.0 Å². The van der Waals surface area contributed by atoms with Gasteiger partial charge in [0.1, 0.15) is 18.7 Å². The molecule has 0 heterocycles. The van der Waals surface area contributed by atoms with Crippen molar-refractivity contribution in [2.75, 3.05) is 6.61 Å². The highest BCUT2D eigenvalue weighted by Crippen LogP contribution is 2.44. The zero-order valence-electron chi connectivity index (χ0n) is 19.1. The summed E-state index contributed by atoms with van der Waals surface area (Å²) in [6.45, 7) is 3.46. The van der Waals surface area contributed by atoms with E-state index in [0.717, 1.165) is 22.3 Å². The van der Waals surface area contributed by atoms with Gasteiger partial charge in [-0.05, 0) is 34.6 Å². The monoisotopic (exact) mass is 467 g/mol. The molecule has 0 saturated heterocycles. The van der Waals surface area contributed by atoms with Crippen molar-refractivity contribution in [1.29, 1.82) is 0 Å². The number of ether oxygens (including phenoxy) is 1. The van der Waals surface area contributed by atoms with Crippen molar-refractivity contribution in [3.8, 4) is 11.1 Å². The van der Waals surface area contributed by atoms with Crippen molar-refractivity contribution in [2.24, 2.45) is 11.7 Å². The SMILES string of the molecule is CC(C)[C@H](NC(=O)[C@H](CCC(=O)O)NC(=O)OCC1c2ccccc2-c2ccccc21)C(N)=O. The van der Waals surface area contributed by atoms with Crippen LogP contribution in [0.3, 0.4) is 0 Å². The molecule has 34 heavy (non-hydrogen) atoms. The number of nitrogens with one attached hydrogen (secondary N) is 2. The third-order valence-electron chi connectivity index (χ3n) is 5.87. The Morgan fingerprint density at radius 3 is 2.03 bits per heavy atom. The summed E-state index contributed by atoms with van der Waals surface area (Å²) in [6, 6.07) is 13.6. The Hall–Kier alpha value is -3.88. The first-order valence-corrected chi connectivity index (χ1v) is 11.1. The summed E-state index contributed by atoms with van der Waals surface area (Å²) in [6.07, 6.45) is -1.38. The molecule has 0 aromatic heterocycles. The van der Waals surface area contributed by atoms with Crippen LogP contribution in [-0.2, 0) is 19.1 Å². The molecule has 0 fully saturated rings. The molecule has 9 heteroatoms. The van der Waals surface area contributed by atoms with Crippen LogP contribution in [0.4, 0.5) is 4.79 Å². The number of carboxylic acid groups (broad SMARTS) is 1. The lowest BCUT2D eigenvalue weighted by Crippen LogP contribution is -2.54. The van der Waals surface area contributed by atoms with Gasteiger partial charge in [0, 0.05) is 12.3 Å². The highest BCUT2D eigenvalue weighted by Gasteiger charge is 2.31. The molecule has 0 spiro atoms. The summed E-state index contributed by atoms with van der Waals surface area (Å²) in [5.41, 5.74) is 9.59. The Labute approximate surface area is 197 Å². The van der Waals surface area contributed by atoms with Gasteiger partial charge in [-0.15, -0.1) is 0 Å². The number of hydrogen-bond acceptors (Lipinski definition) is 5. The van der Waals surface area contributed by atoms with Crippen molar-refractivity contribution in [1.82, 2.24) is 10.6 Å². The van der Waals surface area contributed by atoms with Crippen LogP contribution >= 0.6 is 0 Å². The smallest absolute Gasteiger partial charge is 0.407 e. The lowest BCUT2D eigenvalue weighted by Gasteiger charge is -2.23. The number of carbonyl (C=O) groups excluding carboxylic acids is 3. The molecule has 0 radical (unpaired) electrons. The van der Waals surface area contributed by atoms with E-state index in [-0.39, 0.29) is 31.3 Å². The lowest BCUT2D eigenvalue weighted by atomic mass is 9.98. The number of fused-ring (bicyclic) bond motifs is 3. The van der Waals surface area contributed by atoms with E-state index < -0.39 is 36.0 Å². The average Bonchev–Trinajstić information content (AvgIpc) is 3.11. The molecule has 2 atom stereocenters.